The second-order valence-corrected chi connectivity index (χ2v) is 4.74. The van der Waals surface area contributed by atoms with Crippen LogP contribution in [0, 0.1) is 0 Å². The number of rotatable bonds is 9. The lowest BCUT2D eigenvalue weighted by molar-refractivity contribution is -0.107. The lowest BCUT2D eigenvalue weighted by atomic mass is 10.1. The highest BCUT2D eigenvalue weighted by molar-refractivity contribution is 5.89. The summed E-state index contributed by atoms with van der Waals surface area (Å²) in [5.41, 5.74) is 0.598. The standard InChI is InChI=1S/C16H22O3/c1-14(10-6-3-2-4-9-13-17)19-16(18)15-11-7-5-8-12-15/h5,7-8,11-14H,2-4,6,9-10H2,1H3. The smallest absolute Gasteiger partial charge is 0.338 e. The van der Waals surface area contributed by atoms with Gasteiger partial charge in [0, 0.05) is 6.42 Å². The van der Waals surface area contributed by atoms with Crippen LogP contribution in [0.2, 0.25) is 0 Å². The highest BCUT2D eigenvalue weighted by Gasteiger charge is 2.10. The molecule has 1 aromatic carbocycles. The molecule has 0 aliphatic heterocycles. The van der Waals surface area contributed by atoms with Gasteiger partial charge in [-0.1, -0.05) is 31.0 Å². The van der Waals surface area contributed by atoms with Gasteiger partial charge in [0.2, 0.25) is 0 Å². The Hall–Kier alpha value is -1.64. The molecule has 104 valence electrons. The molecule has 0 amide bonds. The fourth-order valence-corrected chi connectivity index (χ4v) is 1.90. The van der Waals surface area contributed by atoms with E-state index in [4.69, 9.17) is 4.74 Å². The van der Waals surface area contributed by atoms with Crippen molar-refractivity contribution in [3.63, 3.8) is 0 Å². The molecule has 0 saturated carbocycles. The molecule has 0 heterocycles. The zero-order valence-corrected chi connectivity index (χ0v) is 11.5. The van der Waals surface area contributed by atoms with Crippen LogP contribution in [0.15, 0.2) is 30.3 Å². The summed E-state index contributed by atoms with van der Waals surface area (Å²) in [6.45, 7) is 1.92. The fraction of sp³-hybridized carbons (Fsp3) is 0.500. The lowest BCUT2D eigenvalue weighted by Crippen LogP contribution is -2.14. The minimum absolute atomic E-state index is 0.0567. The van der Waals surface area contributed by atoms with Crippen LogP contribution in [-0.2, 0) is 9.53 Å². The van der Waals surface area contributed by atoms with Crippen LogP contribution in [0.5, 0.6) is 0 Å². The van der Waals surface area contributed by atoms with Gasteiger partial charge in [-0.15, -0.1) is 0 Å². The third kappa shape index (κ3) is 6.75. The number of esters is 1. The van der Waals surface area contributed by atoms with Crippen LogP contribution >= 0.6 is 0 Å². The number of ether oxygens (including phenoxy) is 1. The van der Waals surface area contributed by atoms with Gasteiger partial charge in [0.25, 0.3) is 0 Å². The Kier molecular flexibility index (Phi) is 7.56. The molecule has 1 atom stereocenters. The Bertz CT molecular complexity index is 373. The van der Waals surface area contributed by atoms with Crippen LogP contribution in [0.3, 0.4) is 0 Å². The number of hydrogen-bond donors (Lipinski definition) is 0. The fourth-order valence-electron chi connectivity index (χ4n) is 1.90. The van der Waals surface area contributed by atoms with E-state index in [1.807, 2.05) is 25.1 Å². The summed E-state index contributed by atoms with van der Waals surface area (Å²) in [4.78, 5) is 21.9. The second kappa shape index (κ2) is 9.31. The number of unbranched alkanes of at least 4 members (excludes halogenated alkanes) is 4. The first-order valence-electron chi connectivity index (χ1n) is 6.93. The van der Waals surface area contributed by atoms with Crippen molar-refractivity contribution in [1.82, 2.24) is 0 Å². The minimum Gasteiger partial charge on any atom is -0.459 e. The predicted molar refractivity (Wildman–Crippen MR) is 75.1 cm³/mol. The number of carbonyl (C=O) groups is 2. The number of benzene rings is 1. The summed E-state index contributed by atoms with van der Waals surface area (Å²) in [5, 5.41) is 0. The zero-order chi connectivity index (χ0) is 13.9. The van der Waals surface area contributed by atoms with E-state index in [0.29, 0.717) is 12.0 Å². The quantitative estimate of drug-likeness (QED) is 0.386. The summed E-state index contributed by atoms with van der Waals surface area (Å²) in [7, 11) is 0. The van der Waals surface area contributed by atoms with Crippen molar-refractivity contribution >= 4 is 12.3 Å². The van der Waals surface area contributed by atoms with Gasteiger partial charge in [-0.05, 0) is 38.3 Å². The summed E-state index contributed by atoms with van der Waals surface area (Å²) >= 11 is 0. The largest absolute Gasteiger partial charge is 0.459 e. The van der Waals surface area contributed by atoms with Gasteiger partial charge in [0.05, 0.1) is 11.7 Å². The van der Waals surface area contributed by atoms with Crippen molar-refractivity contribution in [3.05, 3.63) is 35.9 Å². The van der Waals surface area contributed by atoms with E-state index in [2.05, 4.69) is 0 Å². The summed E-state index contributed by atoms with van der Waals surface area (Å²) in [6, 6.07) is 9.05. The second-order valence-electron chi connectivity index (χ2n) is 4.74. The molecule has 0 saturated heterocycles. The van der Waals surface area contributed by atoms with E-state index >= 15 is 0 Å². The predicted octanol–water partition coefficient (Wildman–Crippen LogP) is 3.77. The van der Waals surface area contributed by atoms with Crippen molar-refractivity contribution in [1.29, 1.82) is 0 Å². The topological polar surface area (TPSA) is 43.4 Å². The van der Waals surface area contributed by atoms with Crippen molar-refractivity contribution in [2.24, 2.45) is 0 Å². The maximum atomic E-state index is 11.8. The summed E-state index contributed by atoms with van der Waals surface area (Å²) < 4.78 is 5.37. The molecular formula is C16H22O3. The van der Waals surface area contributed by atoms with E-state index in [1.54, 1.807) is 12.1 Å². The Morgan fingerprint density at radius 3 is 2.53 bits per heavy atom. The Labute approximate surface area is 115 Å². The third-order valence-electron chi connectivity index (χ3n) is 3.00. The molecule has 3 nitrogen and oxygen atoms in total. The van der Waals surface area contributed by atoms with Gasteiger partial charge in [-0.25, -0.2) is 4.79 Å². The van der Waals surface area contributed by atoms with Crippen LogP contribution in [0.1, 0.15) is 55.8 Å². The van der Waals surface area contributed by atoms with Crippen molar-refractivity contribution in [2.45, 2.75) is 51.6 Å². The normalized spacial score (nSPS) is 11.8. The van der Waals surface area contributed by atoms with Crippen molar-refractivity contribution in [2.75, 3.05) is 0 Å². The third-order valence-corrected chi connectivity index (χ3v) is 3.00. The van der Waals surface area contributed by atoms with Gasteiger partial charge in [-0.3, -0.25) is 0 Å². The zero-order valence-electron chi connectivity index (χ0n) is 11.5. The molecule has 0 radical (unpaired) electrons. The van der Waals surface area contributed by atoms with Gasteiger partial charge in [-0.2, -0.15) is 0 Å². The van der Waals surface area contributed by atoms with Gasteiger partial charge in [0.15, 0.2) is 0 Å². The molecule has 1 rings (SSSR count). The van der Waals surface area contributed by atoms with E-state index < -0.39 is 0 Å². The highest BCUT2D eigenvalue weighted by atomic mass is 16.5. The monoisotopic (exact) mass is 262 g/mol. The molecule has 0 aromatic heterocycles. The Morgan fingerprint density at radius 2 is 1.84 bits per heavy atom. The molecule has 0 spiro atoms. The van der Waals surface area contributed by atoms with Crippen LogP contribution in [0.4, 0.5) is 0 Å². The number of hydrogen-bond acceptors (Lipinski definition) is 3. The molecule has 0 aliphatic carbocycles. The van der Waals surface area contributed by atoms with E-state index in [-0.39, 0.29) is 12.1 Å². The summed E-state index contributed by atoms with van der Waals surface area (Å²) in [5.74, 6) is -0.256. The first-order valence-corrected chi connectivity index (χ1v) is 6.93. The minimum atomic E-state index is -0.256. The molecule has 0 fully saturated rings. The van der Waals surface area contributed by atoms with Gasteiger partial charge in [0.1, 0.15) is 6.29 Å². The lowest BCUT2D eigenvalue weighted by Gasteiger charge is -2.13. The van der Waals surface area contributed by atoms with E-state index in [1.165, 1.54) is 0 Å². The molecule has 0 N–H and O–H groups in total. The molecule has 19 heavy (non-hydrogen) atoms. The first kappa shape index (κ1) is 15.4. The maximum absolute atomic E-state index is 11.8. The summed E-state index contributed by atoms with van der Waals surface area (Å²) in [6.07, 6.45) is 6.57. The van der Waals surface area contributed by atoms with E-state index in [9.17, 15) is 9.59 Å². The van der Waals surface area contributed by atoms with Crippen molar-refractivity contribution < 1.29 is 14.3 Å². The number of carbonyl (C=O) groups excluding carboxylic acids is 2. The molecule has 0 bridgehead atoms. The Morgan fingerprint density at radius 1 is 1.16 bits per heavy atom. The van der Waals surface area contributed by atoms with Crippen LogP contribution in [-0.4, -0.2) is 18.4 Å². The van der Waals surface area contributed by atoms with Gasteiger partial charge < -0.3 is 9.53 Å². The maximum Gasteiger partial charge on any atom is 0.338 e. The average Bonchev–Trinajstić information content (AvgIpc) is 2.43. The molecule has 3 heteroatoms. The number of aldehydes is 1. The van der Waals surface area contributed by atoms with Gasteiger partial charge >= 0.3 is 5.97 Å². The average molecular weight is 262 g/mol. The highest BCUT2D eigenvalue weighted by Crippen LogP contribution is 2.11. The molecule has 1 unspecified atom stereocenters. The van der Waals surface area contributed by atoms with Crippen molar-refractivity contribution in [3.8, 4) is 0 Å². The molecule has 1 aromatic rings. The van der Waals surface area contributed by atoms with Crippen LogP contribution in [0.25, 0.3) is 0 Å². The SMILES string of the molecule is CC(CCCCCCC=O)OC(=O)c1ccccc1. The molecule has 0 aliphatic rings. The first-order chi connectivity index (χ1) is 9.24. The molecular weight excluding hydrogens is 240 g/mol. The Balaban J connectivity index is 2.15. The van der Waals surface area contributed by atoms with Crippen LogP contribution < -0.4 is 0 Å². The van der Waals surface area contributed by atoms with E-state index in [0.717, 1.165) is 38.4 Å².